The molecule has 2 rings (SSSR count). The molecule has 0 radical (unpaired) electrons. The van der Waals surface area contributed by atoms with Crippen molar-refractivity contribution in [3.05, 3.63) is 35.6 Å². The van der Waals surface area contributed by atoms with E-state index in [-0.39, 0.29) is 29.4 Å². The number of piperidine rings is 1. The number of carbonyl (C=O) groups excluding carboxylic acids is 1. The van der Waals surface area contributed by atoms with E-state index in [1.165, 1.54) is 6.07 Å². The van der Waals surface area contributed by atoms with Gasteiger partial charge in [-0.2, -0.15) is 0 Å². The Bertz CT molecular complexity index is 610. The third-order valence-electron chi connectivity index (χ3n) is 4.70. The highest BCUT2D eigenvalue weighted by atomic mass is 19.1. The van der Waals surface area contributed by atoms with Crippen LogP contribution in [0.3, 0.4) is 0 Å². The largest absolute Gasteiger partial charge is 0.444 e. The quantitative estimate of drug-likeness (QED) is 0.872. The summed E-state index contributed by atoms with van der Waals surface area (Å²) in [5.41, 5.74) is 0.0533. The SMILES string of the molecule is C[C@@H](NC1CCN(C(=O)OC(C)(C)C)CC1(C)C)c1ccccc1F. The summed E-state index contributed by atoms with van der Waals surface area (Å²) in [6, 6.07) is 6.97. The second-order valence-electron chi connectivity index (χ2n) is 8.64. The van der Waals surface area contributed by atoms with Gasteiger partial charge in [0.05, 0.1) is 0 Å². The highest BCUT2D eigenvalue weighted by Gasteiger charge is 2.39. The first-order valence-electron chi connectivity index (χ1n) is 8.98. The predicted octanol–water partition coefficient (Wildman–Crippen LogP) is 4.51. The van der Waals surface area contributed by atoms with Crippen LogP contribution < -0.4 is 5.32 Å². The molecular formula is C20H31FN2O2. The summed E-state index contributed by atoms with van der Waals surface area (Å²) in [5.74, 6) is -0.188. The van der Waals surface area contributed by atoms with E-state index < -0.39 is 5.60 Å². The van der Waals surface area contributed by atoms with Gasteiger partial charge in [0.25, 0.3) is 0 Å². The molecule has 0 bridgehead atoms. The number of halogens is 1. The van der Waals surface area contributed by atoms with Gasteiger partial charge in [-0.25, -0.2) is 9.18 Å². The van der Waals surface area contributed by atoms with Crippen LogP contribution in [0.5, 0.6) is 0 Å². The molecule has 4 nitrogen and oxygen atoms in total. The summed E-state index contributed by atoms with van der Waals surface area (Å²) in [6.45, 7) is 13.1. The molecule has 1 saturated heterocycles. The second kappa shape index (κ2) is 7.32. The van der Waals surface area contributed by atoms with Crippen molar-refractivity contribution in [3.63, 3.8) is 0 Å². The molecule has 1 heterocycles. The lowest BCUT2D eigenvalue weighted by Crippen LogP contribution is -2.56. The molecular weight excluding hydrogens is 319 g/mol. The van der Waals surface area contributed by atoms with E-state index in [1.807, 2.05) is 39.8 Å². The Morgan fingerprint density at radius 1 is 1.36 bits per heavy atom. The molecule has 0 aliphatic carbocycles. The maximum Gasteiger partial charge on any atom is 0.410 e. The van der Waals surface area contributed by atoms with Gasteiger partial charge >= 0.3 is 6.09 Å². The Labute approximate surface area is 150 Å². The minimum absolute atomic E-state index is 0.0847. The lowest BCUT2D eigenvalue weighted by molar-refractivity contribution is 0.00129. The Kier molecular flexibility index (Phi) is 5.77. The van der Waals surface area contributed by atoms with Gasteiger partial charge in [-0.3, -0.25) is 0 Å². The van der Waals surface area contributed by atoms with Crippen molar-refractivity contribution in [2.45, 2.75) is 65.6 Å². The summed E-state index contributed by atoms with van der Waals surface area (Å²) in [6.07, 6.45) is 0.548. The number of amides is 1. The smallest absolute Gasteiger partial charge is 0.410 e. The number of nitrogens with one attached hydrogen (secondary N) is 1. The number of hydrogen-bond acceptors (Lipinski definition) is 3. The normalized spacial score (nSPS) is 21.7. The molecule has 1 N–H and O–H groups in total. The summed E-state index contributed by atoms with van der Waals surface area (Å²) in [5, 5.41) is 3.56. The fourth-order valence-electron chi connectivity index (χ4n) is 3.37. The highest BCUT2D eigenvalue weighted by Crippen LogP contribution is 2.32. The number of ether oxygens (including phenoxy) is 1. The van der Waals surface area contributed by atoms with Crippen molar-refractivity contribution < 1.29 is 13.9 Å². The second-order valence-corrected chi connectivity index (χ2v) is 8.64. The molecule has 25 heavy (non-hydrogen) atoms. The van der Waals surface area contributed by atoms with E-state index in [0.717, 1.165) is 6.42 Å². The lowest BCUT2D eigenvalue weighted by Gasteiger charge is -2.45. The van der Waals surface area contributed by atoms with Crippen molar-refractivity contribution >= 4 is 6.09 Å². The molecule has 0 aromatic heterocycles. The van der Waals surface area contributed by atoms with Crippen molar-refractivity contribution in [2.24, 2.45) is 5.41 Å². The number of benzene rings is 1. The average Bonchev–Trinajstić information content (AvgIpc) is 2.47. The van der Waals surface area contributed by atoms with Crippen molar-refractivity contribution in [2.75, 3.05) is 13.1 Å². The van der Waals surface area contributed by atoms with Crippen molar-refractivity contribution in [3.8, 4) is 0 Å². The molecule has 0 spiro atoms. The van der Waals surface area contributed by atoms with Crippen LogP contribution in [0.25, 0.3) is 0 Å². The molecule has 1 fully saturated rings. The van der Waals surface area contributed by atoms with Gasteiger partial charge in [-0.05, 0) is 45.6 Å². The predicted molar refractivity (Wildman–Crippen MR) is 97.9 cm³/mol. The van der Waals surface area contributed by atoms with Gasteiger partial charge in [0.1, 0.15) is 11.4 Å². The summed E-state index contributed by atoms with van der Waals surface area (Å²) < 4.78 is 19.5. The van der Waals surface area contributed by atoms with Crippen LogP contribution >= 0.6 is 0 Å². The Balaban J connectivity index is 2.01. The lowest BCUT2D eigenvalue weighted by atomic mass is 9.78. The van der Waals surface area contributed by atoms with Crippen LogP contribution in [-0.4, -0.2) is 35.7 Å². The maximum absolute atomic E-state index is 14.0. The zero-order valence-electron chi connectivity index (χ0n) is 16.2. The summed E-state index contributed by atoms with van der Waals surface area (Å²) in [4.78, 5) is 14.1. The summed E-state index contributed by atoms with van der Waals surface area (Å²) in [7, 11) is 0. The molecule has 1 aromatic rings. The van der Waals surface area contributed by atoms with Gasteiger partial charge in [0.15, 0.2) is 0 Å². The zero-order valence-corrected chi connectivity index (χ0v) is 16.2. The third kappa shape index (κ3) is 5.18. The molecule has 5 heteroatoms. The van der Waals surface area contributed by atoms with E-state index >= 15 is 0 Å². The Hall–Kier alpha value is -1.62. The van der Waals surface area contributed by atoms with Crippen LogP contribution in [0, 0.1) is 11.2 Å². The minimum Gasteiger partial charge on any atom is -0.444 e. The first-order chi connectivity index (χ1) is 11.5. The monoisotopic (exact) mass is 350 g/mol. The van der Waals surface area contributed by atoms with Gasteiger partial charge in [-0.15, -0.1) is 0 Å². The molecule has 140 valence electrons. The highest BCUT2D eigenvalue weighted by molar-refractivity contribution is 5.68. The number of likely N-dealkylation sites (tertiary alicyclic amines) is 1. The van der Waals surface area contributed by atoms with Crippen molar-refractivity contribution in [1.29, 1.82) is 0 Å². The molecule has 2 atom stereocenters. The van der Waals surface area contributed by atoms with E-state index in [2.05, 4.69) is 19.2 Å². The average molecular weight is 350 g/mol. The van der Waals surface area contributed by atoms with Crippen LogP contribution in [-0.2, 0) is 4.74 Å². The Morgan fingerprint density at radius 3 is 2.56 bits per heavy atom. The van der Waals surface area contributed by atoms with Crippen LogP contribution in [0.4, 0.5) is 9.18 Å². The molecule has 1 unspecified atom stereocenters. The van der Waals surface area contributed by atoms with E-state index in [0.29, 0.717) is 18.7 Å². The van der Waals surface area contributed by atoms with Gasteiger partial charge in [0.2, 0.25) is 0 Å². The van der Waals surface area contributed by atoms with Gasteiger partial charge in [0, 0.05) is 30.7 Å². The minimum atomic E-state index is -0.490. The molecule has 1 aromatic carbocycles. The summed E-state index contributed by atoms with van der Waals surface area (Å²) >= 11 is 0. The number of hydrogen-bond donors (Lipinski definition) is 1. The fraction of sp³-hybridized carbons (Fsp3) is 0.650. The van der Waals surface area contributed by atoms with Gasteiger partial charge < -0.3 is 15.0 Å². The standard InChI is InChI=1S/C20H31FN2O2/c1-14(15-9-7-8-10-16(15)21)22-17-11-12-23(13-20(17,5)6)18(24)25-19(2,3)4/h7-10,14,17,22H,11-13H2,1-6H3/t14-,17?/m1/s1. The first-order valence-corrected chi connectivity index (χ1v) is 8.98. The fourth-order valence-corrected chi connectivity index (χ4v) is 3.37. The first kappa shape index (κ1) is 19.7. The number of nitrogens with zero attached hydrogens (tertiary/aromatic N) is 1. The van der Waals surface area contributed by atoms with Crippen LogP contribution in [0.1, 0.15) is 59.6 Å². The number of carbonyl (C=O) groups is 1. The molecule has 1 aliphatic heterocycles. The maximum atomic E-state index is 14.0. The zero-order chi connectivity index (χ0) is 18.8. The van der Waals surface area contributed by atoms with Crippen molar-refractivity contribution in [1.82, 2.24) is 10.2 Å². The van der Waals surface area contributed by atoms with E-state index in [9.17, 15) is 9.18 Å². The topological polar surface area (TPSA) is 41.6 Å². The Morgan fingerprint density at radius 2 is 2.00 bits per heavy atom. The van der Waals surface area contributed by atoms with Crippen LogP contribution in [0.2, 0.25) is 0 Å². The van der Waals surface area contributed by atoms with E-state index in [4.69, 9.17) is 4.74 Å². The van der Waals surface area contributed by atoms with E-state index in [1.54, 1.807) is 11.0 Å². The van der Waals surface area contributed by atoms with Gasteiger partial charge in [-0.1, -0.05) is 32.0 Å². The third-order valence-corrected chi connectivity index (χ3v) is 4.70. The molecule has 1 aliphatic rings. The number of rotatable bonds is 3. The molecule has 1 amide bonds. The molecule has 0 saturated carbocycles. The van der Waals surface area contributed by atoms with Crippen LogP contribution in [0.15, 0.2) is 24.3 Å².